The topological polar surface area (TPSA) is 151 Å². The molecule has 0 saturated carbocycles. The third-order valence-corrected chi connectivity index (χ3v) is 6.35. The third-order valence-electron chi connectivity index (χ3n) is 3.75. The minimum Gasteiger partial charge on any atom is -0.449 e. The minimum absolute atomic E-state index is 0.0599. The molecule has 0 bridgehead atoms. The Morgan fingerprint density at radius 1 is 1.06 bits per heavy atom. The Kier molecular flexibility index (Phi) is 7.71. The molecule has 0 fully saturated rings. The number of aromatic nitrogens is 3. The fraction of sp³-hybridized carbons (Fsp3) is 0.350. The normalized spacial score (nSPS) is 11.8. The van der Waals surface area contributed by atoms with Gasteiger partial charge < -0.3 is 14.8 Å². The Labute approximate surface area is 201 Å². The number of esters is 1. The largest absolute Gasteiger partial charge is 0.449 e. The molecule has 0 aliphatic carbocycles. The van der Waals surface area contributed by atoms with Crippen LogP contribution in [0.25, 0.3) is 21.4 Å². The number of hydrogen-bond donors (Lipinski definition) is 1. The molecule has 0 unspecified atom stereocenters. The number of nitrogens with zero attached hydrogens (tertiary/aromatic N) is 5. The summed E-state index contributed by atoms with van der Waals surface area (Å²) in [6.07, 6.45) is -0.715. The van der Waals surface area contributed by atoms with Gasteiger partial charge in [0.1, 0.15) is 45.2 Å². The molecule has 0 aromatic carbocycles. The summed E-state index contributed by atoms with van der Waals surface area (Å²) in [7, 11) is 0. The van der Waals surface area contributed by atoms with Crippen LogP contribution < -0.4 is 5.32 Å². The number of thiazole rings is 3. The van der Waals surface area contributed by atoms with Crippen molar-refractivity contribution in [3.8, 4) is 33.5 Å². The predicted octanol–water partition coefficient (Wildman–Crippen LogP) is 3.76. The van der Waals surface area contributed by atoms with Gasteiger partial charge in [0.25, 0.3) is 0 Å². The predicted molar refractivity (Wildman–Crippen MR) is 122 cm³/mol. The van der Waals surface area contributed by atoms with E-state index >= 15 is 0 Å². The summed E-state index contributed by atoms with van der Waals surface area (Å²) in [5.74, 6) is -0.757. The molecule has 3 aromatic rings. The highest BCUT2D eigenvalue weighted by atomic mass is 32.1. The zero-order valence-electron chi connectivity index (χ0n) is 17.8. The number of hydrogen-bond acceptors (Lipinski definition) is 12. The first-order valence-electron chi connectivity index (χ1n) is 9.48. The summed E-state index contributed by atoms with van der Waals surface area (Å²) >= 11 is 4.02. The molecule has 0 aliphatic rings. The van der Waals surface area contributed by atoms with Crippen molar-refractivity contribution in [2.75, 3.05) is 6.61 Å². The van der Waals surface area contributed by atoms with E-state index in [1.165, 1.54) is 34.0 Å². The highest BCUT2D eigenvalue weighted by Gasteiger charge is 2.27. The lowest BCUT2D eigenvalue weighted by molar-refractivity contribution is -0.144. The smallest absolute Gasteiger partial charge is 0.408 e. The number of amides is 1. The van der Waals surface area contributed by atoms with Crippen molar-refractivity contribution in [2.45, 2.75) is 38.8 Å². The molecular formula is C20H18N6O4S3. The van der Waals surface area contributed by atoms with Crippen molar-refractivity contribution in [3.05, 3.63) is 26.8 Å². The first-order valence-corrected chi connectivity index (χ1v) is 12.1. The molecule has 13 heteroatoms. The van der Waals surface area contributed by atoms with E-state index in [2.05, 4.69) is 20.3 Å². The van der Waals surface area contributed by atoms with Crippen LogP contribution in [0.5, 0.6) is 0 Å². The summed E-state index contributed by atoms with van der Waals surface area (Å²) in [6, 6.07) is 2.65. The van der Waals surface area contributed by atoms with Crippen LogP contribution in [0.1, 0.15) is 31.5 Å². The SMILES string of the molecule is CC(C)(C)OC(=O)N[C@@H](Cc1nc(-c2nc(-c3nc(C#N)cs3)cs2)cs1)C(=O)OCC#N. The van der Waals surface area contributed by atoms with Gasteiger partial charge in [-0.25, -0.2) is 24.5 Å². The Morgan fingerprint density at radius 2 is 1.73 bits per heavy atom. The van der Waals surface area contributed by atoms with E-state index in [9.17, 15) is 9.59 Å². The van der Waals surface area contributed by atoms with Gasteiger partial charge >= 0.3 is 12.1 Å². The number of nitrogens with one attached hydrogen (secondary N) is 1. The summed E-state index contributed by atoms with van der Waals surface area (Å²) in [4.78, 5) is 37.8. The first kappa shape index (κ1) is 24.3. The molecule has 3 rings (SSSR count). The van der Waals surface area contributed by atoms with Gasteiger partial charge in [-0.1, -0.05) is 0 Å². The Morgan fingerprint density at radius 3 is 2.39 bits per heavy atom. The fourth-order valence-corrected chi connectivity index (χ4v) is 4.90. The number of carbonyl (C=O) groups excluding carboxylic acids is 2. The first-order chi connectivity index (χ1) is 15.7. The zero-order chi connectivity index (χ0) is 24.0. The molecule has 33 heavy (non-hydrogen) atoms. The number of nitriles is 2. The van der Waals surface area contributed by atoms with Gasteiger partial charge in [0.05, 0.1) is 5.01 Å². The second-order valence-corrected chi connectivity index (χ2v) is 10.1. The Hall–Kier alpha value is -3.39. The highest BCUT2D eigenvalue weighted by molar-refractivity contribution is 7.16. The zero-order valence-corrected chi connectivity index (χ0v) is 20.3. The quantitative estimate of drug-likeness (QED) is 0.476. The molecule has 1 N–H and O–H groups in total. The number of rotatable bonds is 7. The molecule has 1 atom stereocenters. The standard InChI is InChI=1S/C20H18N6O4S3/c1-20(2,3)30-19(28)26-12(18(27)29-5-4-21)6-15-24-13(9-31-15)17-25-14(10-33-17)16-23-11(7-22)8-32-16/h8-10,12H,5-6H2,1-3H3,(H,26,28)/t12-/m0/s1. The van der Waals surface area contributed by atoms with Gasteiger partial charge in [0, 0.05) is 22.6 Å². The second-order valence-electron chi connectivity index (χ2n) is 7.48. The van der Waals surface area contributed by atoms with Crippen LogP contribution in [-0.2, 0) is 20.7 Å². The van der Waals surface area contributed by atoms with Crippen molar-refractivity contribution in [3.63, 3.8) is 0 Å². The van der Waals surface area contributed by atoms with Gasteiger partial charge in [-0.05, 0) is 20.8 Å². The van der Waals surface area contributed by atoms with Crippen molar-refractivity contribution in [1.29, 1.82) is 10.5 Å². The lowest BCUT2D eigenvalue weighted by Crippen LogP contribution is -2.45. The average molecular weight is 503 g/mol. The molecule has 3 aromatic heterocycles. The van der Waals surface area contributed by atoms with Crippen molar-refractivity contribution in [2.24, 2.45) is 0 Å². The summed E-state index contributed by atoms with van der Waals surface area (Å²) < 4.78 is 10.1. The van der Waals surface area contributed by atoms with Crippen molar-refractivity contribution >= 4 is 46.1 Å². The van der Waals surface area contributed by atoms with E-state index in [1.54, 1.807) is 37.6 Å². The molecule has 170 valence electrons. The summed E-state index contributed by atoms with van der Waals surface area (Å²) in [6.45, 7) is 4.69. The molecule has 0 aliphatic heterocycles. The van der Waals surface area contributed by atoms with Crippen LogP contribution in [0.4, 0.5) is 4.79 Å². The van der Waals surface area contributed by atoms with Crippen LogP contribution >= 0.6 is 34.0 Å². The van der Waals surface area contributed by atoms with Gasteiger partial charge in [-0.15, -0.1) is 34.0 Å². The maximum absolute atomic E-state index is 12.4. The maximum atomic E-state index is 12.4. The third kappa shape index (κ3) is 6.79. The molecule has 0 radical (unpaired) electrons. The van der Waals surface area contributed by atoms with E-state index < -0.39 is 30.3 Å². The monoisotopic (exact) mass is 502 g/mol. The van der Waals surface area contributed by atoms with Crippen LogP contribution in [0.3, 0.4) is 0 Å². The fourth-order valence-electron chi connectivity index (χ4n) is 2.46. The molecule has 0 saturated heterocycles. The molecular weight excluding hydrogens is 484 g/mol. The maximum Gasteiger partial charge on any atom is 0.408 e. The van der Waals surface area contributed by atoms with Gasteiger partial charge in [-0.3, -0.25) is 0 Å². The number of ether oxygens (including phenoxy) is 2. The van der Waals surface area contributed by atoms with Crippen molar-refractivity contribution < 1.29 is 19.1 Å². The van der Waals surface area contributed by atoms with Gasteiger partial charge in [0.15, 0.2) is 12.3 Å². The Bertz CT molecular complexity index is 1230. The highest BCUT2D eigenvalue weighted by Crippen LogP contribution is 2.31. The number of carbonyl (C=O) groups is 2. The lowest BCUT2D eigenvalue weighted by atomic mass is 10.2. The van der Waals surface area contributed by atoms with E-state index in [-0.39, 0.29) is 6.42 Å². The lowest BCUT2D eigenvalue weighted by Gasteiger charge is -2.22. The number of alkyl carbamates (subject to hydrolysis) is 1. The van der Waals surface area contributed by atoms with Crippen LogP contribution in [-0.4, -0.2) is 45.3 Å². The summed E-state index contributed by atoms with van der Waals surface area (Å²) in [5, 5.41) is 27.3. The molecule has 3 heterocycles. The Balaban J connectivity index is 1.73. The van der Waals surface area contributed by atoms with Gasteiger partial charge in [-0.2, -0.15) is 10.5 Å². The van der Waals surface area contributed by atoms with Crippen LogP contribution in [0.2, 0.25) is 0 Å². The average Bonchev–Trinajstić information content (AvgIpc) is 3.49. The summed E-state index contributed by atoms with van der Waals surface area (Å²) in [5.41, 5.74) is 0.866. The minimum atomic E-state index is -1.07. The molecule has 10 nitrogen and oxygen atoms in total. The second kappa shape index (κ2) is 10.5. The van der Waals surface area contributed by atoms with E-state index in [0.29, 0.717) is 32.1 Å². The van der Waals surface area contributed by atoms with Crippen molar-refractivity contribution in [1.82, 2.24) is 20.3 Å². The van der Waals surface area contributed by atoms with E-state index in [1.807, 2.05) is 11.4 Å². The van der Waals surface area contributed by atoms with E-state index in [0.717, 1.165) is 0 Å². The van der Waals surface area contributed by atoms with Gasteiger partial charge in [0.2, 0.25) is 0 Å². The van der Waals surface area contributed by atoms with E-state index in [4.69, 9.17) is 20.0 Å². The van der Waals surface area contributed by atoms with Crippen LogP contribution in [0.15, 0.2) is 16.1 Å². The molecule has 0 spiro atoms. The van der Waals surface area contributed by atoms with Crippen LogP contribution in [0, 0.1) is 22.7 Å². The molecule has 1 amide bonds.